The molecule has 2 amide bonds. The Kier molecular flexibility index (Phi) is 9.50. The van der Waals surface area contributed by atoms with Gasteiger partial charge in [-0.3, -0.25) is 13.9 Å². The number of nitrogens with zero attached hydrogens (tertiary/aromatic N) is 2. The summed E-state index contributed by atoms with van der Waals surface area (Å²) in [5, 5.41) is 2.93. The van der Waals surface area contributed by atoms with Gasteiger partial charge in [0.1, 0.15) is 18.4 Å². The van der Waals surface area contributed by atoms with E-state index in [1.54, 1.807) is 25.1 Å². The second-order valence-electron chi connectivity index (χ2n) is 10.5. The maximum absolute atomic E-state index is 15.0. The van der Waals surface area contributed by atoms with Crippen LogP contribution in [0.1, 0.15) is 45.2 Å². The van der Waals surface area contributed by atoms with Crippen molar-refractivity contribution in [3.63, 3.8) is 0 Å². The van der Waals surface area contributed by atoms with Crippen molar-refractivity contribution in [2.45, 2.75) is 64.1 Å². The highest BCUT2D eigenvalue weighted by Crippen LogP contribution is 2.27. The quantitative estimate of drug-likeness (QED) is 0.381. The van der Waals surface area contributed by atoms with Gasteiger partial charge in [-0.15, -0.1) is 0 Å². The minimum Gasteiger partial charge on any atom is -0.350 e. The van der Waals surface area contributed by atoms with E-state index in [9.17, 15) is 22.4 Å². The fourth-order valence-electron chi connectivity index (χ4n) is 4.27. The number of sulfonamides is 1. The number of anilines is 1. The summed E-state index contributed by atoms with van der Waals surface area (Å²) in [6.07, 6.45) is 0.296. The normalized spacial score (nSPS) is 12.5. The molecule has 39 heavy (non-hydrogen) atoms. The fourth-order valence-corrected chi connectivity index (χ4v) is 5.71. The van der Waals surface area contributed by atoms with Gasteiger partial charge in [0.2, 0.25) is 11.8 Å². The molecule has 0 unspecified atom stereocenters. The molecule has 0 saturated carbocycles. The van der Waals surface area contributed by atoms with Crippen LogP contribution in [0.5, 0.6) is 0 Å². The average Bonchev–Trinajstić information content (AvgIpc) is 2.87. The zero-order valence-electron chi connectivity index (χ0n) is 23.0. The largest absolute Gasteiger partial charge is 0.350 e. The third kappa shape index (κ3) is 7.66. The lowest BCUT2D eigenvalue weighted by Crippen LogP contribution is -2.55. The molecule has 0 fully saturated rings. The van der Waals surface area contributed by atoms with Gasteiger partial charge in [-0.25, -0.2) is 12.8 Å². The third-order valence-electron chi connectivity index (χ3n) is 6.05. The molecule has 0 bridgehead atoms. The van der Waals surface area contributed by atoms with Gasteiger partial charge >= 0.3 is 0 Å². The average molecular weight is 554 g/mol. The van der Waals surface area contributed by atoms with Crippen LogP contribution in [0, 0.1) is 12.7 Å². The van der Waals surface area contributed by atoms with Crippen LogP contribution in [-0.4, -0.2) is 43.3 Å². The van der Waals surface area contributed by atoms with Crippen molar-refractivity contribution < 1.29 is 22.4 Å². The smallest absolute Gasteiger partial charge is 0.264 e. The Balaban J connectivity index is 2.08. The Morgan fingerprint density at radius 3 is 2.18 bits per heavy atom. The lowest BCUT2D eigenvalue weighted by molar-refractivity contribution is -0.141. The van der Waals surface area contributed by atoms with Crippen LogP contribution in [0.3, 0.4) is 0 Å². The SMILES string of the molecule is CC[C@@H](C(=O)NC(C)(C)C)N(Cc1cccc(C)c1)C(=O)CN(c1ccccc1F)S(=O)(=O)c1ccccc1. The first kappa shape index (κ1) is 29.8. The molecule has 7 nitrogen and oxygen atoms in total. The molecule has 0 spiro atoms. The standard InChI is InChI=1S/C30H36FN3O4S/c1-6-26(29(36)32-30(3,4)5)33(20-23-14-12-13-22(2)19-23)28(35)21-34(27-18-11-10-17-25(27)31)39(37,38)24-15-8-7-9-16-24/h7-19,26H,6,20-21H2,1-5H3,(H,32,36)/t26-/m0/s1. The van der Waals surface area contributed by atoms with Crippen LogP contribution in [0.2, 0.25) is 0 Å². The van der Waals surface area contributed by atoms with Crippen LogP contribution in [0.4, 0.5) is 10.1 Å². The van der Waals surface area contributed by atoms with E-state index in [0.29, 0.717) is 6.42 Å². The number of hydrogen-bond acceptors (Lipinski definition) is 4. The summed E-state index contributed by atoms with van der Waals surface area (Å²) in [7, 11) is -4.32. The van der Waals surface area contributed by atoms with Gasteiger partial charge < -0.3 is 10.2 Å². The van der Waals surface area contributed by atoms with Crippen molar-refractivity contribution in [3.05, 3.63) is 95.8 Å². The summed E-state index contributed by atoms with van der Waals surface area (Å²) in [6.45, 7) is 8.63. The number of carbonyl (C=O) groups excluding carboxylic acids is 2. The molecule has 0 saturated heterocycles. The van der Waals surface area contributed by atoms with Crippen molar-refractivity contribution in [3.8, 4) is 0 Å². The summed E-state index contributed by atoms with van der Waals surface area (Å²) >= 11 is 0. The minimum atomic E-state index is -4.32. The first-order chi connectivity index (χ1) is 18.3. The van der Waals surface area contributed by atoms with Gasteiger partial charge in [0.25, 0.3) is 10.0 Å². The van der Waals surface area contributed by atoms with Crippen molar-refractivity contribution in [2.24, 2.45) is 0 Å². The number of halogens is 1. The molecule has 3 aromatic carbocycles. The molecule has 0 aliphatic rings. The van der Waals surface area contributed by atoms with Gasteiger partial charge in [-0.05, 0) is 63.9 Å². The highest BCUT2D eigenvalue weighted by atomic mass is 32.2. The van der Waals surface area contributed by atoms with Gasteiger partial charge in [-0.2, -0.15) is 0 Å². The maximum atomic E-state index is 15.0. The van der Waals surface area contributed by atoms with E-state index in [-0.39, 0.29) is 23.0 Å². The number of benzene rings is 3. The lowest BCUT2D eigenvalue weighted by atomic mass is 10.0. The number of carbonyl (C=O) groups is 2. The highest BCUT2D eigenvalue weighted by molar-refractivity contribution is 7.92. The molecule has 0 heterocycles. The van der Waals surface area contributed by atoms with Crippen LogP contribution in [0.25, 0.3) is 0 Å². The van der Waals surface area contributed by atoms with E-state index in [2.05, 4.69) is 5.32 Å². The van der Waals surface area contributed by atoms with Gasteiger partial charge in [-0.1, -0.05) is 67.1 Å². The molecule has 0 radical (unpaired) electrons. The van der Waals surface area contributed by atoms with Crippen LogP contribution >= 0.6 is 0 Å². The van der Waals surface area contributed by atoms with E-state index in [0.717, 1.165) is 21.5 Å². The zero-order valence-corrected chi connectivity index (χ0v) is 23.8. The Hall–Kier alpha value is -3.72. The van der Waals surface area contributed by atoms with E-state index < -0.39 is 39.9 Å². The molecule has 1 N–H and O–H groups in total. The second kappa shape index (κ2) is 12.4. The topological polar surface area (TPSA) is 86.8 Å². The van der Waals surface area contributed by atoms with Gasteiger partial charge in [0.05, 0.1) is 10.6 Å². The summed E-state index contributed by atoms with van der Waals surface area (Å²) in [6, 6.07) is 19.6. The molecule has 208 valence electrons. The minimum absolute atomic E-state index is 0.0765. The van der Waals surface area contributed by atoms with Crippen LogP contribution in [0.15, 0.2) is 83.8 Å². The summed E-state index contributed by atoms with van der Waals surface area (Å²) < 4.78 is 43.2. The molecule has 1 atom stereocenters. The van der Waals surface area contributed by atoms with Crippen molar-refractivity contribution >= 4 is 27.5 Å². The molecule has 3 rings (SSSR count). The van der Waals surface area contributed by atoms with E-state index >= 15 is 0 Å². The summed E-state index contributed by atoms with van der Waals surface area (Å²) in [5.74, 6) is -1.77. The molecule has 0 aliphatic carbocycles. The van der Waals surface area contributed by atoms with Crippen molar-refractivity contribution in [2.75, 3.05) is 10.8 Å². The second-order valence-corrected chi connectivity index (χ2v) is 12.3. The van der Waals surface area contributed by atoms with E-state index in [4.69, 9.17) is 0 Å². The van der Waals surface area contributed by atoms with Crippen LogP contribution < -0.4 is 9.62 Å². The highest BCUT2D eigenvalue weighted by Gasteiger charge is 2.35. The zero-order chi connectivity index (χ0) is 28.8. The molecule has 9 heteroatoms. The Morgan fingerprint density at radius 1 is 0.949 bits per heavy atom. The molecule has 0 aliphatic heterocycles. The maximum Gasteiger partial charge on any atom is 0.264 e. The predicted molar refractivity (Wildman–Crippen MR) is 151 cm³/mol. The number of para-hydroxylation sites is 1. The Bertz CT molecular complexity index is 1400. The van der Waals surface area contributed by atoms with Gasteiger partial charge in [0.15, 0.2) is 0 Å². The van der Waals surface area contributed by atoms with Crippen molar-refractivity contribution in [1.82, 2.24) is 10.2 Å². The summed E-state index contributed by atoms with van der Waals surface area (Å²) in [4.78, 5) is 28.6. The van der Waals surface area contributed by atoms with E-state index in [1.807, 2.05) is 52.0 Å². The van der Waals surface area contributed by atoms with E-state index in [1.165, 1.54) is 35.2 Å². The fraction of sp³-hybridized carbons (Fsp3) is 0.333. The number of amides is 2. The third-order valence-corrected chi connectivity index (χ3v) is 7.82. The van der Waals surface area contributed by atoms with Crippen molar-refractivity contribution in [1.29, 1.82) is 0 Å². The summed E-state index contributed by atoms with van der Waals surface area (Å²) in [5.41, 5.74) is 0.969. The van der Waals surface area contributed by atoms with Crippen LogP contribution in [-0.2, 0) is 26.2 Å². The van der Waals surface area contributed by atoms with Gasteiger partial charge in [0, 0.05) is 12.1 Å². The monoisotopic (exact) mass is 553 g/mol. The molecule has 0 aromatic heterocycles. The lowest BCUT2D eigenvalue weighted by Gasteiger charge is -2.34. The Morgan fingerprint density at radius 2 is 1.59 bits per heavy atom. The first-order valence-corrected chi connectivity index (χ1v) is 14.3. The number of rotatable bonds is 10. The molecular weight excluding hydrogens is 517 g/mol. The Labute approximate surface area is 230 Å². The predicted octanol–water partition coefficient (Wildman–Crippen LogP) is 5.05. The molecular formula is C30H36FN3O4S. The number of hydrogen-bond donors (Lipinski definition) is 1. The number of nitrogens with one attached hydrogen (secondary N) is 1. The first-order valence-electron chi connectivity index (χ1n) is 12.8. The molecule has 3 aromatic rings. The number of aryl methyl sites for hydroxylation is 1.